The monoisotopic (exact) mass is 197 g/mol. The highest BCUT2D eigenvalue weighted by molar-refractivity contribution is 4.83. The van der Waals surface area contributed by atoms with E-state index < -0.39 is 0 Å². The van der Waals surface area contributed by atoms with Crippen LogP contribution in [-0.4, -0.2) is 18.9 Å². The van der Waals surface area contributed by atoms with Gasteiger partial charge >= 0.3 is 0 Å². The molecule has 0 unspecified atom stereocenters. The third-order valence-electron chi connectivity index (χ3n) is 3.72. The first-order valence-electron chi connectivity index (χ1n) is 6.15. The maximum atomic E-state index is 5.86. The number of hydrogen-bond donors (Lipinski definition) is 1. The number of hydrogen-bond acceptors (Lipinski definition) is 2. The Balaban J connectivity index is 1.82. The van der Waals surface area contributed by atoms with Crippen LogP contribution in [0.1, 0.15) is 46.0 Å². The zero-order valence-electron chi connectivity index (χ0n) is 9.46. The fourth-order valence-electron chi connectivity index (χ4n) is 2.61. The van der Waals surface area contributed by atoms with Gasteiger partial charge in [0.2, 0.25) is 0 Å². The van der Waals surface area contributed by atoms with Crippen LogP contribution in [-0.2, 0) is 4.74 Å². The summed E-state index contributed by atoms with van der Waals surface area (Å²) in [6, 6.07) is 0.585. The van der Waals surface area contributed by atoms with E-state index in [1.807, 2.05) is 0 Å². The third kappa shape index (κ3) is 2.29. The Morgan fingerprint density at radius 1 is 1.14 bits per heavy atom. The summed E-state index contributed by atoms with van der Waals surface area (Å²) in [6.45, 7) is 5.45. The van der Waals surface area contributed by atoms with Gasteiger partial charge in [-0.3, -0.25) is 5.32 Å². The van der Waals surface area contributed by atoms with Crippen LogP contribution < -0.4 is 5.32 Å². The molecule has 2 aliphatic rings. The lowest BCUT2D eigenvalue weighted by Crippen LogP contribution is -2.39. The first kappa shape index (κ1) is 10.4. The average molecular weight is 197 g/mol. The molecule has 0 aromatic carbocycles. The summed E-state index contributed by atoms with van der Waals surface area (Å²) >= 11 is 0. The van der Waals surface area contributed by atoms with Crippen LogP contribution in [0, 0.1) is 11.8 Å². The maximum Gasteiger partial charge on any atom is 0.111 e. The molecular formula is C12H23NO. The van der Waals surface area contributed by atoms with E-state index in [1.54, 1.807) is 0 Å². The Labute approximate surface area is 87.4 Å². The van der Waals surface area contributed by atoms with Crippen molar-refractivity contribution in [2.24, 2.45) is 11.8 Å². The molecule has 0 spiro atoms. The lowest BCUT2D eigenvalue weighted by Gasteiger charge is -2.27. The molecule has 0 aromatic heterocycles. The standard InChI is InChI=1S/C12H23NO/c1-9(2)11-8-14-12(13-11)10-6-4-3-5-7-10/h9-13H,3-8H2,1-2H3/t11-,12-/m1/s1. The van der Waals surface area contributed by atoms with E-state index in [9.17, 15) is 0 Å². The molecule has 14 heavy (non-hydrogen) atoms. The predicted molar refractivity (Wildman–Crippen MR) is 58.1 cm³/mol. The molecule has 0 radical (unpaired) electrons. The summed E-state index contributed by atoms with van der Waals surface area (Å²) in [6.07, 6.45) is 7.32. The van der Waals surface area contributed by atoms with Crippen LogP contribution in [0.5, 0.6) is 0 Å². The van der Waals surface area contributed by atoms with Crippen molar-refractivity contribution in [2.45, 2.75) is 58.2 Å². The number of rotatable bonds is 2. The van der Waals surface area contributed by atoms with Gasteiger partial charge in [-0.25, -0.2) is 0 Å². The van der Waals surface area contributed by atoms with Gasteiger partial charge in [-0.1, -0.05) is 33.1 Å². The van der Waals surface area contributed by atoms with E-state index in [-0.39, 0.29) is 0 Å². The Morgan fingerprint density at radius 3 is 2.43 bits per heavy atom. The van der Waals surface area contributed by atoms with Gasteiger partial charge in [-0.15, -0.1) is 0 Å². The van der Waals surface area contributed by atoms with Crippen molar-refractivity contribution in [1.29, 1.82) is 0 Å². The summed E-state index contributed by atoms with van der Waals surface area (Å²) in [5.41, 5.74) is 0. The van der Waals surface area contributed by atoms with Gasteiger partial charge in [-0.05, 0) is 24.7 Å². The summed E-state index contributed by atoms with van der Waals surface area (Å²) in [5, 5.41) is 3.64. The fraction of sp³-hybridized carbons (Fsp3) is 1.00. The largest absolute Gasteiger partial charge is 0.361 e. The van der Waals surface area contributed by atoms with Crippen molar-refractivity contribution in [3.8, 4) is 0 Å². The molecule has 0 aromatic rings. The molecule has 0 bridgehead atoms. The molecule has 2 nitrogen and oxygen atoms in total. The van der Waals surface area contributed by atoms with Crippen LogP contribution in [0.15, 0.2) is 0 Å². The highest BCUT2D eigenvalue weighted by atomic mass is 16.5. The van der Waals surface area contributed by atoms with Crippen molar-refractivity contribution in [3.63, 3.8) is 0 Å². The quantitative estimate of drug-likeness (QED) is 0.734. The summed E-state index contributed by atoms with van der Waals surface area (Å²) in [5.74, 6) is 1.48. The molecule has 1 aliphatic heterocycles. The zero-order valence-corrected chi connectivity index (χ0v) is 9.46. The van der Waals surface area contributed by atoms with Crippen LogP contribution in [0.3, 0.4) is 0 Å². The van der Waals surface area contributed by atoms with Gasteiger partial charge in [0.15, 0.2) is 0 Å². The normalized spacial score (nSPS) is 35.4. The predicted octanol–water partition coefficient (Wildman–Crippen LogP) is 2.54. The fourth-order valence-corrected chi connectivity index (χ4v) is 2.61. The topological polar surface area (TPSA) is 21.3 Å². The maximum absolute atomic E-state index is 5.86. The lowest BCUT2D eigenvalue weighted by molar-refractivity contribution is 0.0365. The third-order valence-corrected chi connectivity index (χ3v) is 3.72. The second-order valence-electron chi connectivity index (χ2n) is 5.17. The molecule has 82 valence electrons. The van der Waals surface area contributed by atoms with Gasteiger partial charge in [0.1, 0.15) is 6.23 Å². The zero-order chi connectivity index (χ0) is 9.97. The molecule has 2 fully saturated rings. The van der Waals surface area contributed by atoms with Gasteiger partial charge in [0.05, 0.1) is 6.61 Å². The first-order chi connectivity index (χ1) is 6.77. The Bertz CT molecular complexity index is 175. The Hall–Kier alpha value is -0.0800. The van der Waals surface area contributed by atoms with E-state index in [1.165, 1.54) is 32.1 Å². The van der Waals surface area contributed by atoms with Gasteiger partial charge < -0.3 is 4.74 Å². The Kier molecular flexibility index (Phi) is 3.45. The van der Waals surface area contributed by atoms with Gasteiger partial charge in [0.25, 0.3) is 0 Å². The SMILES string of the molecule is CC(C)[C@H]1CO[C@H](C2CCCCC2)N1. The first-order valence-corrected chi connectivity index (χ1v) is 6.15. The smallest absolute Gasteiger partial charge is 0.111 e. The van der Waals surface area contributed by atoms with Crippen molar-refractivity contribution in [3.05, 3.63) is 0 Å². The van der Waals surface area contributed by atoms with Crippen molar-refractivity contribution in [1.82, 2.24) is 5.32 Å². The van der Waals surface area contributed by atoms with E-state index in [0.29, 0.717) is 18.2 Å². The van der Waals surface area contributed by atoms with E-state index in [4.69, 9.17) is 4.74 Å². The van der Waals surface area contributed by atoms with Crippen LogP contribution in [0.2, 0.25) is 0 Å². The molecule has 1 heterocycles. The van der Waals surface area contributed by atoms with E-state index in [2.05, 4.69) is 19.2 Å². The Morgan fingerprint density at radius 2 is 1.86 bits per heavy atom. The van der Waals surface area contributed by atoms with Gasteiger partial charge in [0, 0.05) is 6.04 Å². The van der Waals surface area contributed by atoms with Crippen LogP contribution >= 0.6 is 0 Å². The van der Waals surface area contributed by atoms with Crippen molar-refractivity contribution >= 4 is 0 Å². The highest BCUT2D eigenvalue weighted by Crippen LogP contribution is 2.29. The van der Waals surface area contributed by atoms with Gasteiger partial charge in [-0.2, -0.15) is 0 Å². The van der Waals surface area contributed by atoms with E-state index >= 15 is 0 Å². The molecule has 2 atom stereocenters. The number of ether oxygens (including phenoxy) is 1. The molecule has 1 N–H and O–H groups in total. The molecule has 1 saturated carbocycles. The van der Waals surface area contributed by atoms with Crippen LogP contribution in [0.25, 0.3) is 0 Å². The summed E-state index contributed by atoms with van der Waals surface area (Å²) in [7, 11) is 0. The van der Waals surface area contributed by atoms with Crippen molar-refractivity contribution in [2.75, 3.05) is 6.61 Å². The average Bonchev–Trinajstić information content (AvgIpc) is 2.68. The molecule has 2 rings (SSSR count). The van der Waals surface area contributed by atoms with E-state index in [0.717, 1.165) is 12.5 Å². The lowest BCUT2D eigenvalue weighted by atomic mass is 9.88. The summed E-state index contributed by atoms with van der Waals surface area (Å²) < 4.78 is 5.86. The minimum absolute atomic E-state index is 0.364. The highest BCUT2D eigenvalue weighted by Gasteiger charge is 2.32. The second-order valence-corrected chi connectivity index (χ2v) is 5.17. The minimum atomic E-state index is 0.364. The van der Waals surface area contributed by atoms with Crippen molar-refractivity contribution < 1.29 is 4.74 Å². The molecule has 2 heteroatoms. The summed E-state index contributed by atoms with van der Waals surface area (Å²) in [4.78, 5) is 0. The molecule has 1 aliphatic carbocycles. The minimum Gasteiger partial charge on any atom is -0.361 e. The molecular weight excluding hydrogens is 174 g/mol. The van der Waals surface area contributed by atoms with Crippen LogP contribution in [0.4, 0.5) is 0 Å². The number of nitrogens with one attached hydrogen (secondary N) is 1. The molecule has 0 amide bonds. The molecule has 1 saturated heterocycles. The second kappa shape index (κ2) is 4.63.